The van der Waals surface area contributed by atoms with E-state index < -0.39 is 17.0 Å². The molecule has 1 aliphatic rings. The van der Waals surface area contributed by atoms with Crippen LogP contribution in [0.4, 0.5) is 4.79 Å². The smallest absolute Gasteiger partial charge is 0.410 e. The third-order valence-corrected chi connectivity index (χ3v) is 3.47. The van der Waals surface area contributed by atoms with E-state index in [2.05, 4.69) is 0 Å². The molecule has 0 aromatic rings. The maximum atomic E-state index is 12.0. The van der Waals surface area contributed by atoms with E-state index >= 15 is 0 Å². The van der Waals surface area contributed by atoms with Crippen molar-refractivity contribution in [3.8, 4) is 0 Å². The lowest BCUT2D eigenvalue weighted by Gasteiger charge is -2.28. The summed E-state index contributed by atoms with van der Waals surface area (Å²) in [4.78, 5) is 25.1. The van der Waals surface area contributed by atoms with E-state index in [1.165, 1.54) is 7.11 Å². The van der Waals surface area contributed by atoms with Crippen molar-refractivity contribution >= 4 is 12.1 Å². The minimum Gasteiger partial charge on any atom is -0.481 e. The van der Waals surface area contributed by atoms with E-state index in [1.807, 2.05) is 20.8 Å². The number of carboxylic acids is 1. The zero-order valence-corrected chi connectivity index (χ0v) is 12.8. The number of likely N-dealkylation sites (tertiary alicyclic amines) is 1. The molecule has 1 N–H and O–H groups in total. The molecule has 0 bridgehead atoms. The quantitative estimate of drug-likeness (QED) is 0.860. The second kappa shape index (κ2) is 6.43. The fourth-order valence-electron chi connectivity index (χ4n) is 2.40. The van der Waals surface area contributed by atoms with Crippen LogP contribution in [-0.4, -0.2) is 54.5 Å². The Balaban J connectivity index is 2.71. The fraction of sp³-hybridized carbons (Fsp3) is 0.857. The Kier molecular flexibility index (Phi) is 5.39. The molecule has 1 saturated heterocycles. The van der Waals surface area contributed by atoms with Crippen molar-refractivity contribution in [1.82, 2.24) is 4.90 Å². The predicted molar refractivity (Wildman–Crippen MR) is 73.6 cm³/mol. The van der Waals surface area contributed by atoms with Crippen molar-refractivity contribution in [3.05, 3.63) is 0 Å². The number of amides is 1. The van der Waals surface area contributed by atoms with Crippen molar-refractivity contribution < 1.29 is 24.2 Å². The summed E-state index contributed by atoms with van der Waals surface area (Å²) >= 11 is 0. The van der Waals surface area contributed by atoms with Gasteiger partial charge in [-0.25, -0.2) is 4.79 Å². The lowest BCUT2D eigenvalue weighted by atomic mass is 9.81. The molecule has 6 heteroatoms. The number of aliphatic carboxylic acids is 1. The number of carbonyl (C=O) groups excluding carboxylic acids is 1. The highest BCUT2D eigenvalue weighted by molar-refractivity contribution is 5.75. The van der Waals surface area contributed by atoms with Crippen molar-refractivity contribution in [3.63, 3.8) is 0 Å². The molecule has 0 saturated carbocycles. The monoisotopic (exact) mass is 287 g/mol. The van der Waals surface area contributed by atoms with Crippen LogP contribution in [0.1, 0.15) is 40.0 Å². The minimum atomic E-state index is -0.897. The van der Waals surface area contributed by atoms with Gasteiger partial charge >= 0.3 is 12.1 Å². The zero-order chi connectivity index (χ0) is 15.4. The second-order valence-electron chi connectivity index (χ2n) is 6.34. The van der Waals surface area contributed by atoms with E-state index in [4.69, 9.17) is 9.47 Å². The molecule has 0 unspecified atom stereocenters. The van der Waals surface area contributed by atoms with E-state index in [0.717, 1.165) is 0 Å². The predicted octanol–water partition coefficient (Wildman–Crippen LogP) is 2.12. The van der Waals surface area contributed by atoms with Crippen molar-refractivity contribution in [1.29, 1.82) is 0 Å². The Hall–Kier alpha value is -1.30. The number of hydrogen-bond donors (Lipinski definition) is 1. The highest BCUT2D eigenvalue weighted by Gasteiger charge is 2.41. The van der Waals surface area contributed by atoms with Crippen LogP contribution >= 0.6 is 0 Å². The summed E-state index contributed by atoms with van der Waals surface area (Å²) in [6.45, 7) is 6.52. The van der Waals surface area contributed by atoms with E-state index in [9.17, 15) is 14.7 Å². The Labute approximate surface area is 120 Å². The SMILES string of the molecule is COC[C@]1(C(=O)O)CCCN(C(=O)OC(C)(C)C)CC1. The normalized spacial score (nSPS) is 24.1. The van der Waals surface area contributed by atoms with Crippen molar-refractivity contribution in [2.45, 2.75) is 45.6 Å². The summed E-state index contributed by atoms with van der Waals surface area (Å²) in [6.07, 6.45) is 1.15. The minimum absolute atomic E-state index is 0.171. The molecule has 1 aliphatic heterocycles. The van der Waals surface area contributed by atoms with Crippen LogP contribution in [0.25, 0.3) is 0 Å². The zero-order valence-electron chi connectivity index (χ0n) is 12.8. The third kappa shape index (κ3) is 4.37. The molecular weight excluding hydrogens is 262 g/mol. The van der Waals surface area contributed by atoms with Crippen LogP contribution in [-0.2, 0) is 14.3 Å². The molecule has 0 spiro atoms. The molecule has 1 heterocycles. The number of carbonyl (C=O) groups is 2. The summed E-state index contributed by atoms with van der Waals surface area (Å²) in [5, 5.41) is 9.44. The summed E-state index contributed by atoms with van der Waals surface area (Å²) in [7, 11) is 1.50. The maximum absolute atomic E-state index is 12.0. The molecule has 0 aromatic heterocycles. The van der Waals surface area contributed by atoms with Gasteiger partial charge in [0.1, 0.15) is 5.60 Å². The topological polar surface area (TPSA) is 76.1 Å². The largest absolute Gasteiger partial charge is 0.481 e. The second-order valence-corrected chi connectivity index (χ2v) is 6.34. The van der Waals surface area contributed by atoms with Gasteiger partial charge in [0.2, 0.25) is 0 Å². The van der Waals surface area contributed by atoms with Gasteiger partial charge in [-0.3, -0.25) is 4.79 Å². The number of ether oxygens (including phenoxy) is 2. The summed E-state index contributed by atoms with van der Waals surface area (Å²) in [5.74, 6) is -0.856. The number of carboxylic acid groups (broad SMARTS) is 1. The Morgan fingerprint density at radius 1 is 1.25 bits per heavy atom. The van der Waals surface area contributed by atoms with Crippen LogP contribution in [0.15, 0.2) is 0 Å². The highest BCUT2D eigenvalue weighted by Crippen LogP contribution is 2.32. The molecule has 20 heavy (non-hydrogen) atoms. The first-order valence-corrected chi connectivity index (χ1v) is 6.90. The highest BCUT2D eigenvalue weighted by atomic mass is 16.6. The van der Waals surface area contributed by atoms with Crippen LogP contribution < -0.4 is 0 Å². The third-order valence-electron chi connectivity index (χ3n) is 3.47. The summed E-state index contributed by atoms with van der Waals surface area (Å²) < 4.78 is 10.4. The van der Waals surface area contributed by atoms with Gasteiger partial charge in [0.15, 0.2) is 0 Å². The molecular formula is C14H25NO5. The maximum Gasteiger partial charge on any atom is 0.410 e. The molecule has 0 aromatic carbocycles. The van der Waals surface area contributed by atoms with Crippen molar-refractivity contribution in [2.75, 3.05) is 26.8 Å². The average Bonchev–Trinajstić information content (AvgIpc) is 2.51. The Morgan fingerprint density at radius 2 is 1.90 bits per heavy atom. The van der Waals surface area contributed by atoms with Crippen LogP contribution in [0.3, 0.4) is 0 Å². The molecule has 0 aliphatic carbocycles. The average molecular weight is 287 g/mol. The lowest BCUT2D eigenvalue weighted by Crippen LogP contribution is -2.39. The van der Waals surface area contributed by atoms with Gasteiger partial charge in [-0.1, -0.05) is 0 Å². The van der Waals surface area contributed by atoms with Crippen molar-refractivity contribution in [2.24, 2.45) is 5.41 Å². The fourth-order valence-corrected chi connectivity index (χ4v) is 2.40. The van der Waals surface area contributed by atoms with Gasteiger partial charge < -0.3 is 19.5 Å². The molecule has 0 radical (unpaired) electrons. The van der Waals surface area contributed by atoms with Gasteiger partial charge in [0, 0.05) is 20.2 Å². The van der Waals surface area contributed by atoms with E-state index in [-0.39, 0.29) is 12.7 Å². The number of hydrogen-bond acceptors (Lipinski definition) is 4. The molecule has 6 nitrogen and oxygen atoms in total. The first kappa shape index (κ1) is 16.8. The molecule has 1 fully saturated rings. The molecule has 116 valence electrons. The van der Waals surface area contributed by atoms with Gasteiger partial charge in [0.05, 0.1) is 12.0 Å². The standard InChI is InChI=1S/C14H25NO5/c1-13(2,3)20-12(18)15-8-5-6-14(7-9-15,10-19-4)11(16)17/h5-10H2,1-4H3,(H,16,17)/t14-/m0/s1. The first-order valence-electron chi connectivity index (χ1n) is 6.90. The van der Waals surface area contributed by atoms with Gasteiger partial charge in [0.25, 0.3) is 0 Å². The van der Waals surface area contributed by atoms with Crippen LogP contribution in [0.2, 0.25) is 0 Å². The van der Waals surface area contributed by atoms with Gasteiger partial charge in [-0.2, -0.15) is 0 Å². The summed E-state index contributed by atoms with van der Waals surface area (Å²) in [6, 6.07) is 0. The molecule has 1 amide bonds. The molecule has 1 rings (SSSR count). The lowest BCUT2D eigenvalue weighted by molar-refractivity contribution is -0.153. The van der Waals surface area contributed by atoms with Crippen LogP contribution in [0, 0.1) is 5.41 Å². The Morgan fingerprint density at radius 3 is 2.40 bits per heavy atom. The number of methoxy groups -OCH3 is 1. The van der Waals surface area contributed by atoms with E-state index in [0.29, 0.717) is 32.4 Å². The van der Waals surface area contributed by atoms with E-state index in [1.54, 1.807) is 4.90 Å². The van der Waals surface area contributed by atoms with Gasteiger partial charge in [-0.15, -0.1) is 0 Å². The van der Waals surface area contributed by atoms with Gasteiger partial charge in [-0.05, 0) is 40.0 Å². The number of rotatable bonds is 3. The van der Waals surface area contributed by atoms with Crippen LogP contribution in [0.5, 0.6) is 0 Å². The summed E-state index contributed by atoms with van der Waals surface area (Å²) in [5.41, 5.74) is -1.44. The Bertz CT molecular complexity index is 363. The number of nitrogens with zero attached hydrogens (tertiary/aromatic N) is 1. The molecule has 1 atom stereocenters. The first-order chi connectivity index (χ1) is 9.20.